The van der Waals surface area contributed by atoms with Gasteiger partial charge >= 0.3 is 0 Å². The van der Waals surface area contributed by atoms with Gasteiger partial charge in [0.1, 0.15) is 5.75 Å². The summed E-state index contributed by atoms with van der Waals surface area (Å²) in [6.07, 6.45) is 1.74. The van der Waals surface area contributed by atoms with E-state index in [1.54, 1.807) is 7.11 Å². The van der Waals surface area contributed by atoms with Gasteiger partial charge in [0.15, 0.2) is 0 Å². The van der Waals surface area contributed by atoms with Crippen LogP contribution in [0.25, 0.3) is 0 Å². The minimum absolute atomic E-state index is 0.0874. The molecule has 4 nitrogen and oxygen atoms in total. The number of hydrogen-bond acceptors (Lipinski definition) is 3. The molecule has 1 aromatic rings. The minimum Gasteiger partial charge on any atom is -0.495 e. The van der Waals surface area contributed by atoms with E-state index < -0.39 is 0 Å². The number of carbonyl (C=O) groups is 1. The van der Waals surface area contributed by atoms with Gasteiger partial charge in [-0.25, -0.2) is 0 Å². The van der Waals surface area contributed by atoms with Gasteiger partial charge in [0, 0.05) is 18.3 Å². The molecule has 1 aliphatic heterocycles. The van der Waals surface area contributed by atoms with Crippen molar-refractivity contribution in [2.45, 2.75) is 19.8 Å². The molecule has 1 amide bonds. The molecule has 5 heteroatoms. The molecule has 0 radical (unpaired) electrons. The maximum absolute atomic E-state index is 12.4. The molecule has 2 rings (SSSR count). The highest BCUT2D eigenvalue weighted by molar-refractivity contribution is 9.10. The normalized spacial score (nSPS) is 22.3. The Labute approximate surface area is 122 Å². The Kier molecular flexibility index (Phi) is 4.47. The number of benzene rings is 1. The van der Waals surface area contributed by atoms with Crippen LogP contribution in [0.2, 0.25) is 0 Å². The van der Waals surface area contributed by atoms with Gasteiger partial charge in [0.25, 0.3) is 0 Å². The molecular formula is C14H19BrN2O2. The third-order valence-corrected chi connectivity index (χ3v) is 4.47. The topological polar surface area (TPSA) is 50.4 Å². The molecule has 1 aliphatic rings. The van der Waals surface area contributed by atoms with Crippen molar-refractivity contribution in [1.29, 1.82) is 0 Å². The molecule has 1 heterocycles. The molecule has 0 bridgehead atoms. The highest BCUT2D eigenvalue weighted by Gasteiger charge is 2.39. The van der Waals surface area contributed by atoms with Crippen molar-refractivity contribution >= 4 is 27.5 Å². The Morgan fingerprint density at radius 1 is 1.58 bits per heavy atom. The monoisotopic (exact) mass is 326 g/mol. The van der Waals surface area contributed by atoms with E-state index in [4.69, 9.17) is 4.74 Å². The van der Waals surface area contributed by atoms with Gasteiger partial charge in [-0.05, 0) is 47.4 Å². The molecule has 1 saturated heterocycles. The van der Waals surface area contributed by atoms with Gasteiger partial charge < -0.3 is 15.4 Å². The summed E-state index contributed by atoms with van der Waals surface area (Å²) in [5.41, 5.74) is 0.491. The van der Waals surface area contributed by atoms with E-state index in [0.717, 1.165) is 36.1 Å². The van der Waals surface area contributed by atoms with E-state index >= 15 is 0 Å². The van der Waals surface area contributed by atoms with Crippen molar-refractivity contribution in [2.75, 3.05) is 25.5 Å². The van der Waals surface area contributed by atoms with E-state index in [-0.39, 0.29) is 11.3 Å². The third kappa shape index (κ3) is 2.92. The zero-order chi connectivity index (χ0) is 13.9. The van der Waals surface area contributed by atoms with Gasteiger partial charge in [-0.15, -0.1) is 0 Å². The predicted octanol–water partition coefficient (Wildman–Crippen LogP) is 2.79. The number of halogens is 1. The average molecular weight is 327 g/mol. The zero-order valence-corrected chi connectivity index (χ0v) is 12.8. The number of rotatable bonds is 4. The Hall–Kier alpha value is -1.07. The second kappa shape index (κ2) is 5.92. The number of ether oxygens (including phenoxy) is 1. The van der Waals surface area contributed by atoms with E-state index in [1.165, 1.54) is 0 Å². The molecule has 0 spiro atoms. The Bertz CT molecular complexity index is 471. The highest BCUT2D eigenvalue weighted by atomic mass is 79.9. The summed E-state index contributed by atoms with van der Waals surface area (Å²) in [7, 11) is 1.61. The van der Waals surface area contributed by atoms with Gasteiger partial charge in [-0.3, -0.25) is 4.79 Å². The highest BCUT2D eigenvalue weighted by Crippen LogP contribution is 2.32. The van der Waals surface area contributed by atoms with Crippen molar-refractivity contribution in [3.8, 4) is 5.75 Å². The Morgan fingerprint density at radius 3 is 2.95 bits per heavy atom. The van der Waals surface area contributed by atoms with Gasteiger partial charge in [0.2, 0.25) is 5.91 Å². The van der Waals surface area contributed by atoms with Gasteiger partial charge in [-0.2, -0.15) is 0 Å². The lowest BCUT2D eigenvalue weighted by Crippen LogP contribution is -2.37. The quantitative estimate of drug-likeness (QED) is 0.894. The van der Waals surface area contributed by atoms with E-state index in [2.05, 4.69) is 33.5 Å². The molecule has 1 unspecified atom stereocenters. The standard InChI is InChI=1S/C14H19BrN2O2/c1-3-14(6-7-16-9-14)13(18)17-10-4-5-11(15)12(8-10)19-2/h4-5,8,16H,3,6-7,9H2,1-2H3,(H,17,18). The molecular weight excluding hydrogens is 308 g/mol. The van der Waals surface area contributed by atoms with Crippen molar-refractivity contribution < 1.29 is 9.53 Å². The number of carbonyl (C=O) groups excluding carboxylic acids is 1. The molecule has 0 aliphatic carbocycles. The van der Waals surface area contributed by atoms with Crippen molar-refractivity contribution in [3.63, 3.8) is 0 Å². The van der Waals surface area contributed by atoms with Crippen LogP contribution in [0.5, 0.6) is 5.75 Å². The van der Waals surface area contributed by atoms with Crippen LogP contribution in [0.3, 0.4) is 0 Å². The summed E-state index contributed by atoms with van der Waals surface area (Å²) in [5.74, 6) is 0.803. The number of methoxy groups -OCH3 is 1. The SMILES string of the molecule is CCC1(C(=O)Nc2ccc(Br)c(OC)c2)CCNC1. The number of amides is 1. The lowest BCUT2D eigenvalue weighted by atomic mass is 9.83. The summed E-state index contributed by atoms with van der Waals surface area (Å²) < 4.78 is 6.11. The molecule has 104 valence electrons. The molecule has 19 heavy (non-hydrogen) atoms. The number of anilines is 1. The fourth-order valence-corrected chi connectivity index (χ4v) is 2.81. The van der Waals surface area contributed by atoms with Crippen molar-refractivity contribution in [1.82, 2.24) is 5.32 Å². The summed E-state index contributed by atoms with van der Waals surface area (Å²) in [6.45, 7) is 3.72. The maximum atomic E-state index is 12.4. The first kappa shape index (κ1) is 14.3. The van der Waals surface area contributed by atoms with Crippen LogP contribution in [-0.4, -0.2) is 26.1 Å². The number of hydrogen-bond donors (Lipinski definition) is 2. The van der Waals surface area contributed by atoms with E-state index in [1.807, 2.05) is 18.2 Å². The van der Waals surface area contributed by atoms with Crippen LogP contribution in [0.1, 0.15) is 19.8 Å². The minimum atomic E-state index is -0.277. The summed E-state index contributed by atoms with van der Waals surface area (Å²) >= 11 is 3.40. The van der Waals surface area contributed by atoms with Crippen LogP contribution in [0.4, 0.5) is 5.69 Å². The zero-order valence-electron chi connectivity index (χ0n) is 11.3. The summed E-state index contributed by atoms with van der Waals surface area (Å²) in [4.78, 5) is 12.4. The molecule has 0 aromatic heterocycles. The fraction of sp³-hybridized carbons (Fsp3) is 0.500. The van der Waals surface area contributed by atoms with Crippen LogP contribution < -0.4 is 15.4 Å². The molecule has 1 atom stereocenters. The van der Waals surface area contributed by atoms with Crippen LogP contribution in [0.15, 0.2) is 22.7 Å². The Balaban J connectivity index is 2.14. The molecule has 1 aromatic carbocycles. The lowest BCUT2D eigenvalue weighted by molar-refractivity contribution is -0.124. The summed E-state index contributed by atoms with van der Waals surface area (Å²) in [5, 5.41) is 6.27. The molecule has 1 fully saturated rings. The number of nitrogens with one attached hydrogen (secondary N) is 2. The third-order valence-electron chi connectivity index (χ3n) is 3.81. The second-order valence-electron chi connectivity index (χ2n) is 4.86. The Morgan fingerprint density at radius 2 is 2.37 bits per heavy atom. The van der Waals surface area contributed by atoms with Crippen molar-refractivity contribution in [3.05, 3.63) is 22.7 Å². The fourth-order valence-electron chi connectivity index (χ4n) is 2.40. The van der Waals surface area contributed by atoms with E-state index in [0.29, 0.717) is 5.75 Å². The predicted molar refractivity (Wildman–Crippen MR) is 79.5 cm³/mol. The first-order valence-corrected chi connectivity index (χ1v) is 7.26. The van der Waals surface area contributed by atoms with Crippen LogP contribution >= 0.6 is 15.9 Å². The van der Waals surface area contributed by atoms with E-state index in [9.17, 15) is 4.79 Å². The smallest absolute Gasteiger partial charge is 0.231 e. The van der Waals surface area contributed by atoms with Gasteiger partial charge in [0.05, 0.1) is 17.0 Å². The van der Waals surface area contributed by atoms with Gasteiger partial charge in [-0.1, -0.05) is 6.92 Å². The second-order valence-corrected chi connectivity index (χ2v) is 5.72. The average Bonchev–Trinajstić information content (AvgIpc) is 2.91. The van der Waals surface area contributed by atoms with Crippen LogP contribution in [-0.2, 0) is 4.79 Å². The van der Waals surface area contributed by atoms with Crippen molar-refractivity contribution in [2.24, 2.45) is 5.41 Å². The molecule has 0 saturated carbocycles. The lowest BCUT2D eigenvalue weighted by Gasteiger charge is -2.25. The van der Waals surface area contributed by atoms with Crippen LogP contribution in [0, 0.1) is 5.41 Å². The first-order valence-electron chi connectivity index (χ1n) is 6.47. The maximum Gasteiger partial charge on any atom is 0.231 e. The largest absolute Gasteiger partial charge is 0.495 e. The molecule has 2 N–H and O–H groups in total. The summed E-state index contributed by atoms with van der Waals surface area (Å²) in [6, 6.07) is 5.57. The first-order chi connectivity index (χ1) is 9.11.